The Morgan fingerprint density at radius 3 is 1.26 bits per heavy atom. The second-order valence-corrected chi connectivity index (χ2v) is 19.6. The van der Waals surface area contributed by atoms with Crippen LogP contribution in [0.4, 0.5) is 0 Å². The fraction of sp³-hybridized carbons (Fsp3) is 0.381. The number of esters is 4. The lowest BCUT2D eigenvalue weighted by molar-refractivity contribution is -0.159. The average Bonchev–Trinajstić information content (AvgIpc) is 3.18. The Morgan fingerprint density at radius 1 is 0.581 bits per heavy atom. The van der Waals surface area contributed by atoms with E-state index in [1.54, 1.807) is 12.1 Å². The maximum Gasteiger partial charge on any atom is 0.326 e. The molecule has 0 saturated heterocycles. The summed E-state index contributed by atoms with van der Waals surface area (Å²) in [7, 11) is -7.29. The molecule has 0 fully saturated rings. The van der Waals surface area contributed by atoms with Gasteiger partial charge in [0.25, 0.3) is 11.8 Å². The van der Waals surface area contributed by atoms with E-state index in [1.165, 1.54) is 54.6 Å². The Balaban J connectivity index is 1.63. The maximum absolute atomic E-state index is 13.4. The third-order valence-electron chi connectivity index (χ3n) is 9.37. The minimum Gasteiger partial charge on any atom is -0.469 e. The first kappa shape index (κ1) is 48.4. The summed E-state index contributed by atoms with van der Waals surface area (Å²) in [5.41, 5.74) is 1.79. The van der Waals surface area contributed by atoms with Crippen molar-refractivity contribution in [2.75, 3.05) is 37.2 Å². The van der Waals surface area contributed by atoms with Crippen molar-refractivity contribution in [1.82, 2.24) is 10.6 Å². The second-order valence-electron chi connectivity index (χ2n) is 15.5. The number of hydrogen-bond donors (Lipinski definition) is 2. The lowest BCUT2D eigenvalue weighted by Gasteiger charge is -2.22. The van der Waals surface area contributed by atoms with Crippen LogP contribution < -0.4 is 20.1 Å². The van der Waals surface area contributed by atoms with Gasteiger partial charge in [-0.2, -0.15) is 0 Å². The highest BCUT2D eigenvalue weighted by Crippen LogP contribution is 2.27. The molecule has 3 aliphatic rings. The topological polar surface area (TPSA) is 266 Å². The number of methoxy groups -OCH3 is 2. The molecular weight excluding hydrogens is 853 g/mol. The number of benzene rings is 3. The van der Waals surface area contributed by atoms with Crippen molar-refractivity contribution >= 4 is 66.9 Å². The highest BCUT2D eigenvalue weighted by molar-refractivity contribution is 7.93. The van der Waals surface area contributed by atoms with Crippen LogP contribution in [0.5, 0.6) is 11.5 Å². The number of ketones is 2. The van der Waals surface area contributed by atoms with Crippen molar-refractivity contribution in [3.8, 4) is 11.5 Å². The van der Waals surface area contributed by atoms with Gasteiger partial charge in [-0.15, -0.1) is 0 Å². The van der Waals surface area contributed by atoms with E-state index in [0.717, 1.165) is 14.2 Å². The first-order chi connectivity index (χ1) is 29.0. The summed E-state index contributed by atoms with van der Waals surface area (Å²) in [5.74, 6) is -17.1. The van der Waals surface area contributed by atoms with Crippen LogP contribution in [-0.2, 0) is 76.4 Å². The lowest BCUT2D eigenvalue weighted by atomic mass is 9.84. The zero-order valence-electron chi connectivity index (χ0n) is 34.5. The predicted molar refractivity (Wildman–Crippen MR) is 219 cm³/mol. The van der Waals surface area contributed by atoms with Crippen LogP contribution in [0.2, 0.25) is 0 Å². The van der Waals surface area contributed by atoms with Crippen molar-refractivity contribution in [2.24, 2.45) is 11.8 Å². The molecule has 332 valence electrons. The molecule has 3 aromatic rings. The monoisotopic (exact) mass is 898 g/mol. The van der Waals surface area contributed by atoms with Crippen molar-refractivity contribution in [1.29, 1.82) is 0 Å². The third-order valence-corrected chi connectivity index (χ3v) is 12.2. The zero-order chi connectivity index (χ0) is 46.0. The SMILES string of the molecule is COC(=O)[C@H]1CC(=O)CS(=O)(=O)CC(=O)Oc2ccc(cc2)CNC(=O)c2cc(cc(C(C)(C)C)c2)C(=O)NCc2ccc(cc2)OC(=O)CS(=O)(=O)CC(=O)C[C@@H]1C(=O)OC. The van der Waals surface area contributed by atoms with E-state index in [-0.39, 0.29) is 35.7 Å². The summed E-state index contributed by atoms with van der Waals surface area (Å²) in [6.07, 6.45) is -1.97. The van der Waals surface area contributed by atoms with E-state index in [9.17, 15) is 55.2 Å². The molecule has 3 aliphatic heterocycles. The summed E-state index contributed by atoms with van der Waals surface area (Å²) in [5, 5.41) is 5.56. The van der Waals surface area contributed by atoms with Crippen molar-refractivity contribution in [3.05, 3.63) is 94.5 Å². The quantitative estimate of drug-likeness (QED) is 0.275. The summed E-state index contributed by atoms with van der Waals surface area (Å²) in [6.45, 7) is 5.79. The molecule has 0 saturated carbocycles. The van der Waals surface area contributed by atoms with E-state index in [2.05, 4.69) is 20.1 Å². The number of fused-ring (bicyclic) bond motifs is 2. The van der Waals surface area contributed by atoms with Gasteiger partial charge in [0.1, 0.15) is 46.1 Å². The number of Topliss-reactive ketones (excluding diaryl/α,β-unsaturated/α-hetero) is 2. The number of sulfone groups is 2. The standard InChI is InChI=1S/C42H46N2O16S2/c1-42(2,3)29-15-27-14-28(16-29)39(50)44-20-26-8-12-33(13-9-26)60-37(48)24-62(55,56)22-31(46)18-35(41(52)58-5)34(40(51)57-4)17-30(45)21-61(53,54)23-36(47)59-32-10-6-25(7-11-32)19-43-38(27)49/h6-16,34-35H,17-24H2,1-5H3,(H,43,49)(H,44,50)/t34-,35-/m0/s1. The molecular formula is C42H46N2O16S2. The molecule has 3 heterocycles. The minimum absolute atomic E-state index is 0.0174. The number of rotatable bonds is 2. The molecule has 6 bridgehead atoms. The molecule has 0 radical (unpaired) electrons. The molecule has 18 nitrogen and oxygen atoms in total. The van der Waals surface area contributed by atoms with Gasteiger partial charge in [0.2, 0.25) is 0 Å². The van der Waals surface area contributed by atoms with Gasteiger partial charge in [0.15, 0.2) is 19.7 Å². The average molecular weight is 899 g/mol. The number of carbonyl (C=O) groups is 8. The van der Waals surface area contributed by atoms with E-state index >= 15 is 0 Å². The lowest BCUT2D eigenvalue weighted by Crippen LogP contribution is -2.37. The van der Waals surface area contributed by atoms with Crippen molar-refractivity contribution in [2.45, 2.75) is 52.1 Å². The number of ether oxygens (including phenoxy) is 4. The minimum atomic E-state index is -4.54. The van der Waals surface area contributed by atoms with Gasteiger partial charge in [0, 0.05) is 37.1 Å². The van der Waals surface area contributed by atoms with E-state index < -0.39 is 120 Å². The van der Waals surface area contributed by atoms with Gasteiger partial charge >= 0.3 is 23.9 Å². The van der Waals surface area contributed by atoms with Gasteiger partial charge in [-0.25, -0.2) is 16.8 Å². The number of hydrogen-bond acceptors (Lipinski definition) is 16. The van der Waals surface area contributed by atoms with E-state index in [1.807, 2.05) is 20.8 Å². The summed E-state index contributed by atoms with van der Waals surface area (Å²) < 4.78 is 71.2. The highest BCUT2D eigenvalue weighted by Gasteiger charge is 2.40. The first-order valence-corrected chi connectivity index (χ1v) is 22.5. The van der Waals surface area contributed by atoms with Gasteiger partial charge < -0.3 is 29.6 Å². The highest BCUT2D eigenvalue weighted by atomic mass is 32.2. The van der Waals surface area contributed by atoms with Crippen LogP contribution in [0, 0.1) is 11.8 Å². The van der Waals surface area contributed by atoms with Crippen LogP contribution in [0.25, 0.3) is 0 Å². The molecule has 20 heteroatoms. The molecule has 0 aliphatic carbocycles. The fourth-order valence-electron chi connectivity index (χ4n) is 6.21. The second kappa shape index (κ2) is 20.5. The van der Waals surface area contributed by atoms with Crippen molar-refractivity contribution < 1.29 is 74.1 Å². The Bertz CT molecular complexity index is 2290. The predicted octanol–water partition coefficient (Wildman–Crippen LogP) is 1.99. The van der Waals surface area contributed by atoms with Gasteiger partial charge in [-0.05, 0) is 64.6 Å². The third kappa shape index (κ3) is 14.4. The van der Waals surface area contributed by atoms with Gasteiger partial charge in [0.05, 0.1) is 26.1 Å². The van der Waals surface area contributed by atoms with Crippen molar-refractivity contribution in [3.63, 3.8) is 0 Å². The Kier molecular flexibility index (Phi) is 16.0. The Labute approximate surface area is 357 Å². The van der Waals surface area contributed by atoms with Crippen LogP contribution in [0.3, 0.4) is 0 Å². The maximum atomic E-state index is 13.4. The molecule has 2 N–H and O–H groups in total. The molecule has 2 amide bonds. The summed E-state index contributed by atoms with van der Waals surface area (Å²) in [4.78, 5) is 104. The van der Waals surface area contributed by atoms with Crippen LogP contribution in [0.15, 0.2) is 66.7 Å². The Hall–Kier alpha value is -6.28. The molecule has 62 heavy (non-hydrogen) atoms. The smallest absolute Gasteiger partial charge is 0.326 e. The fourth-order valence-corrected chi connectivity index (χ4v) is 8.46. The Morgan fingerprint density at radius 2 is 0.935 bits per heavy atom. The summed E-state index contributed by atoms with van der Waals surface area (Å²) >= 11 is 0. The van der Waals surface area contributed by atoms with Gasteiger partial charge in [-0.3, -0.25) is 38.4 Å². The molecule has 0 aromatic heterocycles. The van der Waals surface area contributed by atoms with E-state index in [4.69, 9.17) is 9.47 Å². The molecule has 0 unspecified atom stereocenters. The van der Waals surface area contributed by atoms with Crippen LogP contribution >= 0.6 is 0 Å². The van der Waals surface area contributed by atoms with Crippen LogP contribution in [0.1, 0.15) is 71.0 Å². The number of carbonyl (C=O) groups excluding carboxylic acids is 8. The molecule has 3 aromatic carbocycles. The first-order valence-electron chi connectivity index (χ1n) is 18.9. The molecule has 2 atom stereocenters. The van der Waals surface area contributed by atoms with Gasteiger partial charge in [-0.1, -0.05) is 45.0 Å². The summed E-state index contributed by atoms with van der Waals surface area (Å²) in [6, 6.07) is 16.2. The van der Waals surface area contributed by atoms with Crippen LogP contribution in [-0.4, -0.2) is 101 Å². The molecule has 0 spiro atoms. The number of nitrogens with one attached hydrogen (secondary N) is 2. The van der Waals surface area contributed by atoms with E-state index in [0.29, 0.717) is 16.7 Å². The normalized spacial score (nSPS) is 19.9. The number of amides is 2. The largest absolute Gasteiger partial charge is 0.469 e. The molecule has 6 rings (SSSR count). The zero-order valence-corrected chi connectivity index (χ0v) is 36.1.